The number of fused-ring (bicyclic) bond motifs is 2. The van der Waals surface area contributed by atoms with E-state index in [0.29, 0.717) is 17.1 Å². The van der Waals surface area contributed by atoms with Crippen LogP contribution in [0.4, 0.5) is 0 Å². The molecule has 2 aromatic carbocycles. The monoisotopic (exact) mass is 504 g/mol. The summed E-state index contributed by atoms with van der Waals surface area (Å²) in [6.45, 7) is -0.599. The van der Waals surface area contributed by atoms with Gasteiger partial charge in [-0.1, -0.05) is 6.07 Å². The Morgan fingerprint density at radius 2 is 1.81 bits per heavy atom. The van der Waals surface area contributed by atoms with Gasteiger partial charge in [-0.05, 0) is 17.7 Å². The summed E-state index contributed by atoms with van der Waals surface area (Å²) in [5.41, 5.74) is 0.524. The Labute approximate surface area is 203 Å². The van der Waals surface area contributed by atoms with Crippen LogP contribution >= 0.6 is 0 Å². The van der Waals surface area contributed by atoms with Crippen LogP contribution in [0.5, 0.6) is 28.7 Å². The van der Waals surface area contributed by atoms with E-state index in [1.165, 1.54) is 32.6 Å². The predicted molar refractivity (Wildman–Crippen MR) is 122 cm³/mol. The summed E-state index contributed by atoms with van der Waals surface area (Å²) < 4.78 is 38.4. The average molecular weight is 504 g/mol. The number of hydrogen-bond donors (Lipinski definition) is 4. The van der Waals surface area contributed by atoms with Crippen LogP contribution in [0.2, 0.25) is 0 Å². The van der Waals surface area contributed by atoms with Gasteiger partial charge in [-0.3, -0.25) is 4.79 Å². The van der Waals surface area contributed by atoms with Crippen LogP contribution < -0.4 is 29.1 Å². The van der Waals surface area contributed by atoms with E-state index in [0.717, 1.165) is 0 Å². The summed E-state index contributed by atoms with van der Waals surface area (Å²) in [6.07, 6.45) is -5.94. The summed E-state index contributed by atoms with van der Waals surface area (Å²) >= 11 is 0. The highest BCUT2D eigenvalue weighted by molar-refractivity contribution is 5.92. The van der Waals surface area contributed by atoms with Gasteiger partial charge in [0.1, 0.15) is 41.6 Å². The molecule has 12 heteroatoms. The molecule has 1 saturated heterocycles. The van der Waals surface area contributed by atoms with Gasteiger partial charge in [0.25, 0.3) is 0 Å². The zero-order chi connectivity index (χ0) is 25.6. The second-order valence-corrected chi connectivity index (χ2v) is 8.18. The van der Waals surface area contributed by atoms with Crippen molar-refractivity contribution in [1.82, 2.24) is 0 Å². The second-order valence-electron chi connectivity index (χ2n) is 8.18. The van der Waals surface area contributed by atoms with Gasteiger partial charge >= 0.3 is 0 Å². The molecular formula is C24H24O12. The van der Waals surface area contributed by atoms with E-state index in [2.05, 4.69) is 0 Å². The van der Waals surface area contributed by atoms with E-state index < -0.39 is 37.3 Å². The number of benzene rings is 2. The fraction of sp³-hybridized carbons (Fsp3) is 0.375. The molecule has 0 spiro atoms. The zero-order valence-corrected chi connectivity index (χ0v) is 19.2. The van der Waals surface area contributed by atoms with Crippen molar-refractivity contribution in [3.05, 3.63) is 40.8 Å². The van der Waals surface area contributed by atoms with Crippen molar-refractivity contribution in [3.8, 4) is 39.9 Å². The van der Waals surface area contributed by atoms with Crippen molar-refractivity contribution < 1.29 is 53.3 Å². The van der Waals surface area contributed by atoms with E-state index in [9.17, 15) is 25.2 Å². The summed E-state index contributed by atoms with van der Waals surface area (Å²) in [5.74, 6) is 1.23. The van der Waals surface area contributed by atoms with Crippen molar-refractivity contribution >= 4 is 11.0 Å². The highest BCUT2D eigenvalue weighted by Crippen LogP contribution is 2.45. The van der Waals surface area contributed by atoms with Crippen molar-refractivity contribution in [2.75, 3.05) is 27.6 Å². The molecule has 5 atom stereocenters. The minimum atomic E-state index is -1.60. The summed E-state index contributed by atoms with van der Waals surface area (Å²) in [7, 11) is 2.79. The summed E-state index contributed by atoms with van der Waals surface area (Å²) in [4.78, 5) is 13.5. The fourth-order valence-corrected chi connectivity index (χ4v) is 4.22. The van der Waals surface area contributed by atoms with Gasteiger partial charge < -0.3 is 53.3 Å². The largest absolute Gasteiger partial charge is 0.493 e. The highest BCUT2D eigenvalue weighted by atomic mass is 16.7. The van der Waals surface area contributed by atoms with Gasteiger partial charge in [0, 0.05) is 6.07 Å². The van der Waals surface area contributed by atoms with E-state index in [1.807, 2.05) is 0 Å². The standard InChI is InChI=1S/C24H24O12/c1-30-13-5-10(3-4-12(13)35-24-21(29)20(28)19(27)16(7-25)36-24)11-8-32-14-6-15-22(34-9-33-15)23(31-2)17(14)18(11)26/h3-6,8,16,19-21,24-25,27-29H,7,9H2,1-2H3. The lowest BCUT2D eigenvalue weighted by Crippen LogP contribution is -2.60. The lowest BCUT2D eigenvalue weighted by Gasteiger charge is -2.39. The molecule has 1 fully saturated rings. The molecule has 3 heterocycles. The second kappa shape index (κ2) is 9.48. The first-order chi connectivity index (χ1) is 17.4. The Bertz CT molecular complexity index is 1330. The van der Waals surface area contributed by atoms with Gasteiger partial charge in [-0.15, -0.1) is 0 Å². The molecule has 0 aliphatic carbocycles. The summed E-state index contributed by atoms with van der Waals surface area (Å²) in [6, 6.07) is 6.13. The predicted octanol–water partition coefficient (Wildman–Crippen LogP) is 0.385. The maximum Gasteiger partial charge on any atom is 0.231 e. The van der Waals surface area contributed by atoms with Crippen LogP contribution in [0.15, 0.2) is 39.7 Å². The normalized spacial score (nSPS) is 25.1. The van der Waals surface area contributed by atoms with Crippen LogP contribution in [-0.2, 0) is 4.74 Å². The lowest BCUT2D eigenvalue weighted by atomic mass is 9.99. The Morgan fingerprint density at radius 1 is 1.00 bits per heavy atom. The third kappa shape index (κ3) is 3.88. The Morgan fingerprint density at radius 3 is 2.53 bits per heavy atom. The molecule has 1 aromatic heterocycles. The summed E-state index contributed by atoms with van der Waals surface area (Å²) in [5, 5.41) is 39.8. The molecule has 3 aromatic rings. The van der Waals surface area contributed by atoms with Crippen LogP contribution in [0.25, 0.3) is 22.1 Å². The number of hydrogen-bond acceptors (Lipinski definition) is 12. The molecule has 0 radical (unpaired) electrons. The Balaban J connectivity index is 1.51. The molecule has 192 valence electrons. The van der Waals surface area contributed by atoms with Gasteiger partial charge in [0.05, 0.1) is 26.4 Å². The molecular weight excluding hydrogens is 480 g/mol. The Kier molecular flexibility index (Phi) is 6.36. The molecule has 5 rings (SSSR count). The van der Waals surface area contributed by atoms with E-state index in [1.54, 1.807) is 12.1 Å². The smallest absolute Gasteiger partial charge is 0.231 e. The van der Waals surface area contributed by atoms with Gasteiger partial charge in [0.15, 0.2) is 23.0 Å². The van der Waals surface area contributed by atoms with Gasteiger partial charge in [0.2, 0.25) is 24.3 Å². The number of aliphatic hydroxyl groups excluding tert-OH is 4. The number of ether oxygens (including phenoxy) is 6. The quantitative estimate of drug-likeness (QED) is 0.365. The molecule has 0 bridgehead atoms. The maximum absolute atomic E-state index is 13.5. The molecule has 4 N–H and O–H groups in total. The molecule has 36 heavy (non-hydrogen) atoms. The average Bonchev–Trinajstić information content (AvgIpc) is 3.36. The van der Waals surface area contributed by atoms with Gasteiger partial charge in [-0.25, -0.2) is 0 Å². The third-order valence-electron chi connectivity index (χ3n) is 6.13. The zero-order valence-electron chi connectivity index (χ0n) is 19.2. The first kappa shape index (κ1) is 24.2. The minimum Gasteiger partial charge on any atom is -0.493 e. The van der Waals surface area contributed by atoms with Crippen LogP contribution in [-0.4, -0.2) is 78.8 Å². The molecule has 0 saturated carbocycles. The molecule has 0 amide bonds. The van der Waals surface area contributed by atoms with Crippen molar-refractivity contribution in [2.24, 2.45) is 0 Å². The molecule has 2 aliphatic heterocycles. The fourth-order valence-electron chi connectivity index (χ4n) is 4.22. The van der Waals surface area contributed by atoms with Crippen molar-refractivity contribution in [2.45, 2.75) is 30.7 Å². The van der Waals surface area contributed by atoms with E-state index >= 15 is 0 Å². The van der Waals surface area contributed by atoms with E-state index in [4.69, 9.17) is 32.8 Å². The van der Waals surface area contributed by atoms with Gasteiger partial charge in [-0.2, -0.15) is 0 Å². The van der Waals surface area contributed by atoms with Crippen LogP contribution in [0, 0.1) is 0 Å². The number of methoxy groups -OCH3 is 2. The lowest BCUT2D eigenvalue weighted by molar-refractivity contribution is -0.277. The number of aliphatic hydroxyl groups is 4. The molecule has 12 nitrogen and oxygen atoms in total. The maximum atomic E-state index is 13.5. The van der Waals surface area contributed by atoms with E-state index in [-0.39, 0.29) is 46.0 Å². The molecule has 2 aliphatic rings. The van der Waals surface area contributed by atoms with Crippen molar-refractivity contribution in [3.63, 3.8) is 0 Å². The minimum absolute atomic E-state index is 0.00380. The Hall–Kier alpha value is -3.55. The van der Waals surface area contributed by atoms with Crippen molar-refractivity contribution in [1.29, 1.82) is 0 Å². The third-order valence-corrected chi connectivity index (χ3v) is 6.13. The molecule has 5 unspecified atom stereocenters. The van der Waals surface area contributed by atoms with Crippen LogP contribution in [0.1, 0.15) is 0 Å². The topological polar surface area (TPSA) is 167 Å². The first-order valence-electron chi connectivity index (χ1n) is 11.0. The number of rotatable bonds is 6. The highest BCUT2D eigenvalue weighted by Gasteiger charge is 2.45. The SMILES string of the molecule is COc1cc(-c2coc3cc4c(c(OC)c3c2=O)OCO4)ccc1OC1OC(CO)C(O)C(O)C1O. The van der Waals surface area contributed by atoms with Crippen LogP contribution in [0.3, 0.4) is 0 Å². The first-order valence-corrected chi connectivity index (χ1v) is 11.0.